The Labute approximate surface area is 125 Å². The summed E-state index contributed by atoms with van der Waals surface area (Å²) in [4.78, 5) is 10.3. The molecule has 0 bridgehead atoms. The van der Waals surface area contributed by atoms with E-state index in [1.165, 1.54) is 22.7 Å². The first-order valence-corrected chi connectivity index (χ1v) is 8.15. The van der Waals surface area contributed by atoms with Crippen molar-refractivity contribution in [2.24, 2.45) is 0 Å². The van der Waals surface area contributed by atoms with Crippen molar-refractivity contribution < 1.29 is 13.5 Å². The van der Waals surface area contributed by atoms with Gasteiger partial charge in [0.25, 0.3) is 10.2 Å². The Hall–Kier alpha value is -1.29. The summed E-state index contributed by atoms with van der Waals surface area (Å²) in [7, 11) is -0.302. The fourth-order valence-corrected chi connectivity index (χ4v) is 3.21. The van der Waals surface area contributed by atoms with Gasteiger partial charge in [0.05, 0.1) is 0 Å². The van der Waals surface area contributed by atoms with Crippen molar-refractivity contribution in [2.75, 3.05) is 45.2 Å². The van der Waals surface area contributed by atoms with E-state index in [9.17, 15) is 13.5 Å². The summed E-state index contributed by atoms with van der Waals surface area (Å²) in [6, 6.07) is 1.77. The van der Waals surface area contributed by atoms with Crippen molar-refractivity contribution in [3.63, 3.8) is 0 Å². The maximum Gasteiger partial charge on any atom is 0.281 e. The number of aliphatic hydroxyl groups is 1. The van der Waals surface area contributed by atoms with Gasteiger partial charge in [-0.3, -0.25) is 0 Å². The summed E-state index contributed by atoms with van der Waals surface area (Å²) in [6.07, 6.45) is 0.883. The molecular formula is C12H21N5O3S. The number of rotatable bonds is 4. The maximum absolute atomic E-state index is 12.0. The first-order chi connectivity index (χ1) is 9.82. The fourth-order valence-electron chi connectivity index (χ4n) is 2.12. The molecule has 21 heavy (non-hydrogen) atoms. The summed E-state index contributed by atoms with van der Waals surface area (Å²) in [5.74, 6) is 1.08. The average molecular weight is 315 g/mol. The zero-order valence-electron chi connectivity index (χ0n) is 12.5. The molecule has 0 spiro atoms. The molecule has 0 aliphatic carbocycles. The van der Waals surface area contributed by atoms with Crippen molar-refractivity contribution >= 4 is 16.0 Å². The van der Waals surface area contributed by atoms with Crippen LogP contribution in [0.25, 0.3) is 0 Å². The van der Waals surface area contributed by atoms with E-state index in [0.29, 0.717) is 37.8 Å². The van der Waals surface area contributed by atoms with E-state index in [-0.39, 0.29) is 0 Å². The predicted molar refractivity (Wildman–Crippen MR) is 79.1 cm³/mol. The Balaban J connectivity index is 2.06. The highest BCUT2D eigenvalue weighted by molar-refractivity contribution is 7.86. The molecule has 1 atom stereocenters. The summed E-state index contributed by atoms with van der Waals surface area (Å²) < 4.78 is 26.8. The van der Waals surface area contributed by atoms with E-state index in [2.05, 4.69) is 9.97 Å². The van der Waals surface area contributed by atoms with Crippen LogP contribution in [0.4, 0.5) is 5.82 Å². The average Bonchev–Trinajstić information content (AvgIpc) is 2.47. The molecule has 1 aliphatic heterocycles. The van der Waals surface area contributed by atoms with Crippen LogP contribution in [0.2, 0.25) is 0 Å². The molecule has 1 aromatic heterocycles. The number of aliphatic hydroxyl groups excluding tert-OH is 1. The highest BCUT2D eigenvalue weighted by atomic mass is 32.2. The maximum atomic E-state index is 12.0. The predicted octanol–water partition coefficient (Wildman–Crippen LogP) is -0.542. The second-order valence-corrected chi connectivity index (χ2v) is 7.27. The van der Waals surface area contributed by atoms with Gasteiger partial charge < -0.3 is 10.0 Å². The lowest BCUT2D eigenvalue weighted by molar-refractivity contribution is 0.189. The fraction of sp³-hybridized carbons (Fsp3) is 0.667. The van der Waals surface area contributed by atoms with E-state index in [0.717, 1.165) is 0 Å². The van der Waals surface area contributed by atoms with Gasteiger partial charge in [-0.1, -0.05) is 0 Å². The molecule has 9 heteroatoms. The Morgan fingerprint density at radius 2 is 1.90 bits per heavy atom. The molecule has 1 aromatic rings. The topological polar surface area (TPSA) is 89.9 Å². The van der Waals surface area contributed by atoms with Gasteiger partial charge in [0.15, 0.2) is 5.82 Å². The molecular weight excluding hydrogens is 294 g/mol. The molecule has 1 aliphatic rings. The molecule has 0 radical (unpaired) electrons. The highest BCUT2D eigenvalue weighted by Crippen LogP contribution is 2.17. The summed E-state index contributed by atoms with van der Waals surface area (Å²) in [5.41, 5.74) is 0. The number of hydrogen-bond donors (Lipinski definition) is 1. The standard InChI is InChI=1S/C12H21N5O3S/c1-10(18)12-13-5-4-11(14-12)16-6-8-17(9-7-16)21(19,20)15(2)3/h4-5,10,18H,6-9H2,1-3H3/t10-/m1/s1. The van der Waals surface area contributed by atoms with Crippen molar-refractivity contribution in [2.45, 2.75) is 13.0 Å². The molecule has 8 nitrogen and oxygen atoms in total. The minimum absolute atomic E-state index is 0.371. The van der Waals surface area contributed by atoms with E-state index in [4.69, 9.17) is 0 Å². The van der Waals surface area contributed by atoms with Crippen molar-refractivity contribution in [1.29, 1.82) is 0 Å². The molecule has 1 N–H and O–H groups in total. The van der Waals surface area contributed by atoms with Crippen LogP contribution in [0.3, 0.4) is 0 Å². The van der Waals surface area contributed by atoms with Crippen LogP contribution in [0.15, 0.2) is 12.3 Å². The highest BCUT2D eigenvalue weighted by Gasteiger charge is 2.29. The lowest BCUT2D eigenvalue weighted by atomic mass is 10.3. The quantitative estimate of drug-likeness (QED) is 0.802. The number of piperazine rings is 1. The minimum Gasteiger partial charge on any atom is -0.385 e. The van der Waals surface area contributed by atoms with Gasteiger partial charge in [-0.2, -0.15) is 17.0 Å². The summed E-state index contributed by atoms with van der Waals surface area (Å²) >= 11 is 0. The van der Waals surface area contributed by atoms with Gasteiger partial charge >= 0.3 is 0 Å². The Morgan fingerprint density at radius 3 is 2.43 bits per heavy atom. The third-order valence-electron chi connectivity index (χ3n) is 3.38. The molecule has 0 aromatic carbocycles. The molecule has 2 heterocycles. The monoisotopic (exact) mass is 315 g/mol. The lowest BCUT2D eigenvalue weighted by Gasteiger charge is -2.35. The van der Waals surface area contributed by atoms with Crippen LogP contribution < -0.4 is 4.90 Å². The molecule has 0 unspecified atom stereocenters. The number of anilines is 1. The van der Waals surface area contributed by atoms with Gasteiger partial charge in [0.1, 0.15) is 11.9 Å². The SMILES string of the molecule is C[C@@H](O)c1nccc(N2CCN(S(=O)(=O)N(C)C)CC2)n1. The van der Waals surface area contributed by atoms with Gasteiger partial charge in [-0.05, 0) is 13.0 Å². The van der Waals surface area contributed by atoms with Crippen molar-refractivity contribution in [3.8, 4) is 0 Å². The normalized spacial score (nSPS) is 19.0. The molecule has 2 rings (SSSR count). The summed E-state index contributed by atoms with van der Waals surface area (Å²) in [5, 5.41) is 9.52. The third kappa shape index (κ3) is 3.49. The van der Waals surface area contributed by atoms with Crippen molar-refractivity contribution in [3.05, 3.63) is 18.1 Å². The summed E-state index contributed by atoms with van der Waals surface area (Å²) in [6.45, 7) is 3.55. The molecule has 1 fully saturated rings. The lowest BCUT2D eigenvalue weighted by Crippen LogP contribution is -2.51. The van der Waals surface area contributed by atoms with Crippen molar-refractivity contribution in [1.82, 2.24) is 18.6 Å². The second kappa shape index (κ2) is 6.22. The van der Waals surface area contributed by atoms with Crippen LogP contribution in [0.1, 0.15) is 18.9 Å². The van der Waals surface area contributed by atoms with E-state index < -0.39 is 16.3 Å². The molecule has 0 amide bonds. The van der Waals surface area contributed by atoms with Gasteiger partial charge in [0.2, 0.25) is 0 Å². The Morgan fingerprint density at radius 1 is 1.29 bits per heavy atom. The van der Waals surface area contributed by atoms with Crippen LogP contribution in [-0.2, 0) is 10.2 Å². The van der Waals surface area contributed by atoms with Crippen LogP contribution >= 0.6 is 0 Å². The van der Waals surface area contributed by atoms with E-state index in [1.807, 2.05) is 4.90 Å². The second-order valence-electron chi connectivity index (χ2n) is 5.13. The Bertz CT molecular complexity index is 582. The molecule has 0 saturated carbocycles. The first kappa shape index (κ1) is 16.1. The first-order valence-electron chi connectivity index (χ1n) is 6.76. The molecule has 118 valence electrons. The minimum atomic E-state index is -3.36. The van der Waals surface area contributed by atoms with Gasteiger partial charge in [0, 0.05) is 46.5 Å². The smallest absolute Gasteiger partial charge is 0.281 e. The van der Waals surface area contributed by atoms with Gasteiger partial charge in [-0.25, -0.2) is 9.97 Å². The van der Waals surface area contributed by atoms with Crippen LogP contribution in [0, 0.1) is 0 Å². The van der Waals surface area contributed by atoms with E-state index in [1.54, 1.807) is 19.2 Å². The van der Waals surface area contributed by atoms with Crippen LogP contribution in [0.5, 0.6) is 0 Å². The Kier molecular flexibility index (Phi) is 4.77. The largest absolute Gasteiger partial charge is 0.385 e. The van der Waals surface area contributed by atoms with Crippen LogP contribution in [-0.4, -0.2) is 72.4 Å². The molecule has 1 saturated heterocycles. The third-order valence-corrected chi connectivity index (χ3v) is 5.32. The zero-order valence-corrected chi connectivity index (χ0v) is 13.3. The van der Waals surface area contributed by atoms with Gasteiger partial charge in [-0.15, -0.1) is 0 Å². The number of hydrogen-bond acceptors (Lipinski definition) is 6. The van der Waals surface area contributed by atoms with E-state index >= 15 is 0 Å². The zero-order chi connectivity index (χ0) is 15.6. The number of nitrogens with zero attached hydrogens (tertiary/aromatic N) is 5. The number of aromatic nitrogens is 2.